The number of allylic oxidation sites excluding steroid dienone is 3. The topological polar surface area (TPSA) is 46.5 Å². The van der Waals surface area contributed by atoms with Crippen LogP contribution in [0.3, 0.4) is 0 Å². The van der Waals surface area contributed by atoms with E-state index in [4.69, 9.17) is 0 Å². The number of ether oxygens (including phenoxy) is 1. The molecule has 0 aliphatic carbocycles. The highest BCUT2D eigenvalue weighted by molar-refractivity contribution is 5.68. The number of esters is 1. The van der Waals surface area contributed by atoms with Gasteiger partial charge in [0.15, 0.2) is 0 Å². The van der Waals surface area contributed by atoms with Crippen molar-refractivity contribution in [1.82, 2.24) is 0 Å². The van der Waals surface area contributed by atoms with Gasteiger partial charge in [0.05, 0.1) is 12.7 Å². The minimum atomic E-state index is -4.38. The molecule has 1 N–H and O–H groups in total. The van der Waals surface area contributed by atoms with Crippen molar-refractivity contribution in [3.8, 4) is 0 Å². The minimum absolute atomic E-state index is 0.158. The molecule has 1 aromatic rings. The Morgan fingerprint density at radius 1 is 1.00 bits per heavy atom. The smallest absolute Gasteiger partial charge is 0.416 e. The van der Waals surface area contributed by atoms with E-state index in [9.17, 15) is 23.1 Å². The zero-order valence-corrected chi connectivity index (χ0v) is 19.3. The molecule has 180 valence electrons. The number of carbonyl (C=O) groups excluding carboxylic acids is 1. The van der Waals surface area contributed by atoms with Crippen LogP contribution in [0.5, 0.6) is 0 Å². The molecule has 0 amide bonds. The Balaban J connectivity index is 2.50. The summed E-state index contributed by atoms with van der Waals surface area (Å²) in [4.78, 5) is 11.1. The van der Waals surface area contributed by atoms with Crippen molar-refractivity contribution >= 4 is 5.97 Å². The van der Waals surface area contributed by atoms with Crippen molar-refractivity contribution in [2.75, 3.05) is 7.11 Å². The molecule has 0 saturated carbocycles. The van der Waals surface area contributed by atoms with Gasteiger partial charge in [-0.1, -0.05) is 69.4 Å². The number of rotatable bonds is 15. The molecular formula is C26H37F3O3. The summed E-state index contributed by atoms with van der Waals surface area (Å²) in [6.45, 7) is 2.09. The summed E-state index contributed by atoms with van der Waals surface area (Å²) in [5.41, 5.74) is 0.577. The third-order valence-corrected chi connectivity index (χ3v) is 5.37. The van der Waals surface area contributed by atoms with Gasteiger partial charge < -0.3 is 9.84 Å². The monoisotopic (exact) mass is 454 g/mol. The third kappa shape index (κ3) is 11.5. The van der Waals surface area contributed by atoms with Gasteiger partial charge in [0, 0.05) is 6.42 Å². The fourth-order valence-corrected chi connectivity index (χ4v) is 3.37. The zero-order valence-electron chi connectivity index (χ0n) is 19.3. The third-order valence-electron chi connectivity index (χ3n) is 5.37. The molecule has 1 unspecified atom stereocenters. The predicted octanol–water partition coefficient (Wildman–Crippen LogP) is 7.71. The summed E-state index contributed by atoms with van der Waals surface area (Å²) in [6, 6.07) is 4.74. The van der Waals surface area contributed by atoms with E-state index in [2.05, 4.69) is 17.7 Å². The number of alkyl halides is 3. The largest absolute Gasteiger partial charge is 0.469 e. The van der Waals surface area contributed by atoms with Crippen LogP contribution in [0.25, 0.3) is 0 Å². The average molecular weight is 455 g/mol. The van der Waals surface area contributed by atoms with Crippen LogP contribution in [0.2, 0.25) is 0 Å². The number of carbonyl (C=O) groups is 1. The van der Waals surface area contributed by atoms with E-state index >= 15 is 0 Å². The van der Waals surface area contributed by atoms with Crippen LogP contribution >= 0.6 is 0 Å². The first-order valence-electron chi connectivity index (χ1n) is 11.6. The van der Waals surface area contributed by atoms with Crippen molar-refractivity contribution in [2.24, 2.45) is 0 Å². The van der Waals surface area contributed by atoms with Crippen molar-refractivity contribution in [1.29, 1.82) is 0 Å². The Hall–Kier alpha value is -2.08. The Morgan fingerprint density at radius 2 is 1.66 bits per heavy atom. The van der Waals surface area contributed by atoms with Gasteiger partial charge in [0.1, 0.15) is 6.10 Å². The number of hydrogen-bond acceptors (Lipinski definition) is 3. The first-order valence-corrected chi connectivity index (χ1v) is 11.6. The molecule has 0 heterocycles. The van der Waals surface area contributed by atoms with E-state index in [1.807, 2.05) is 12.2 Å². The fourth-order valence-electron chi connectivity index (χ4n) is 3.37. The molecule has 1 aromatic carbocycles. The van der Waals surface area contributed by atoms with E-state index < -0.39 is 17.8 Å². The van der Waals surface area contributed by atoms with E-state index in [-0.39, 0.29) is 5.97 Å². The Kier molecular flexibility index (Phi) is 13.7. The first-order chi connectivity index (χ1) is 15.3. The maximum absolute atomic E-state index is 12.8. The maximum Gasteiger partial charge on any atom is 0.416 e. The summed E-state index contributed by atoms with van der Waals surface area (Å²) >= 11 is 0. The van der Waals surface area contributed by atoms with Crippen LogP contribution < -0.4 is 0 Å². The number of methoxy groups -OCH3 is 1. The van der Waals surface area contributed by atoms with E-state index in [0.29, 0.717) is 18.4 Å². The van der Waals surface area contributed by atoms with Crippen LogP contribution in [0, 0.1) is 0 Å². The van der Waals surface area contributed by atoms with Crippen LogP contribution in [-0.4, -0.2) is 18.2 Å². The van der Waals surface area contributed by atoms with E-state index in [0.717, 1.165) is 75.5 Å². The average Bonchev–Trinajstić information content (AvgIpc) is 2.78. The number of benzene rings is 1. The van der Waals surface area contributed by atoms with Gasteiger partial charge in [-0.15, -0.1) is 0 Å². The number of hydrogen-bond donors (Lipinski definition) is 1. The quantitative estimate of drug-likeness (QED) is 0.168. The summed E-state index contributed by atoms with van der Waals surface area (Å²) < 4.78 is 43.0. The summed E-state index contributed by atoms with van der Waals surface area (Å²) in [5.74, 6) is -0.158. The molecule has 0 aromatic heterocycles. The molecule has 32 heavy (non-hydrogen) atoms. The van der Waals surface area contributed by atoms with Gasteiger partial charge in [0.2, 0.25) is 0 Å². The van der Waals surface area contributed by atoms with Crippen molar-refractivity contribution in [3.63, 3.8) is 0 Å². The summed E-state index contributed by atoms with van der Waals surface area (Å²) in [6.07, 6.45) is 10.8. The summed E-state index contributed by atoms with van der Waals surface area (Å²) in [7, 11) is 1.40. The molecule has 0 aliphatic rings. The van der Waals surface area contributed by atoms with Gasteiger partial charge in [-0.25, -0.2) is 0 Å². The lowest BCUT2D eigenvalue weighted by atomic mass is 9.96. The maximum atomic E-state index is 12.8. The molecule has 6 heteroatoms. The van der Waals surface area contributed by atoms with Gasteiger partial charge >= 0.3 is 12.1 Å². The van der Waals surface area contributed by atoms with Crippen molar-refractivity contribution in [3.05, 3.63) is 59.2 Å². The SMILES string of the molecule is CCCC/C=C(/C/C=C/CCCCCCCC(=O)OC)C(O)c1ccc(C(F)(F)F)cc1. The highest BCUT2D eigenvalue weighted by atomic mass is 19.4. The minimum Gasteiger partial charge on any atom is -0.469 e. The molecule has 1 atom stereocenters. The highest BCUT2D eigenvalue weighted by Gasteiger charge is 2.30. The molecule has 0 spiro atoms. The molecule has 0 fully saturated rings. The molecule has 1 rings (SSSR count). The normalized spacial score (nSPS) is 13.5. The van der Waals surface area contributed by atoms with Gasteiger partial charge in [-0.3, -0.25) is 4.79 Å². The molecular weight excluding hydrogens is 417 g/mol. The van der Waals surface area contributed by atoms with E-state index in [1.54, 1.807) is 0 Å². The second-order valence-electron chi connectivity index (χ2n) is 8.00. The van der Waals surface area contributed by atoms with Gasteiger partial charge in [-0.2, -0.15) is 13.2 Å². The number of aliphatic hydroxyl groups excluding tert-OH is 1. The second-order valence-corrected chi connectivity index (χ2v) is 8.00. The molecule has 0 radical (unpaired) electrons. The number of unbranched alkanes of at least 4 members (excludes halogenated alkanes) is 7. The lowest BCUT2D eigenvalue weighted by Gasteiger charge is -2.16. The van der Waals surface area contributed by atoms with Crippen LogP contribution in [0.1, 0.15) is 94.8 Å². The van der Waals surface area contributed by atoms with Crippen LogP contribution in [0.4, 0.5) is 13.2 Å². The molecule has 0 bridgehead atoms. The second kappa shape index (κ2) is 15.7. The van der Waals surface area contributed by atoms with Gasteiger partial charge in [0.25, 0.3) is 0 Å². The summed E-state index contributed by atoms with van der Waals surface area (Å²) in [5, 5.41) is 10.7. The van der Waals surface area contributed by atoms with Crippen LogP contribution in [0.15, 0.2) is 48.1 Å². The molecule has 0 saturated heterocycles. The van der Waals surface area contributed by atoms with Crippen molar-refractivity contribution < 1.29 is 27.8 Å². The van der Waals surface area contributed by atoms with E-state index in [1.165, 1.54) is 19.2 Å². The molecule has 3 nitrogen and oxygen atoms in total. The fraction of sp³-hybridized carbons (Fsp3) is 0.577. The van der Waals surface area contributed by atoms with Crippen molar-refractivity contribution in [2.45, 2.75) is 89.8 Å². The predicted molar refractivity (Wildman–Crippen MR) is 122 cm³/mol. The first kappa shape index (κ1) is 28.0. The standard InChI is InChI=1S/C26H37F3O3/c1-3-4-11-14-21(25(31)22-17-19-23(20-18-22)26(27,28)29)15-12-9-7-5-6-8-10-13-16-24(30)32-2/h9,12,14,17-20,25,31H,3-8,10-11,13,15-16H2,1-2H3/b12-9+,21-14-. The lowest BCUT2D eigenvalue weighted by molar-refractivity contribution is -0.140. The van der Waals surface area contributed by atoms with Gasteiger partial charge in [-0.05, 0) is 55.4 Å². The molecule has 0 aliphatic heterocycles. The Bertz CT molecular complexity index is 706. The lowest BCUT2D eigenvalue weighted by Crippen LogP contribution is -2.06. The highest BCUT2D eigenvalue weighted by Crippen LogP contribution is 2.32. The number of aliphatic hydroxyl groups is 1. The van der Waals surface area contributed by atoms with Crippen LogP contribution in [-0.2, 0) is 15.7 Å². The Labute approximate surface area is 190 Å². The number of halogens is 3. The zero-order chi connectivity index (χ0) is 23.8. The Morgan fingerprint density at radius 3 is 2.28 bits per heavy atom.